The largest absolute Gasteiger partial charge is 0.495 e. The number of methoxy groups -OCH3 is 1. The number of hydrogen-bond donors (Lipinski definition) is 2. The predicted octanol–water partition coefficient (Wildman–Crippen LogP) is 2.59. The van der Waals surface area contributed by atoms with Crippen molar-refractivity contribution in [2.75, 3.05) is 30.5 Å². The fourth-order valence-electron chi connectivity index (χ4n) is 3.14. The van der Waals surface area contributed by atoms with Crippen LogP contribution < -0.4 is 25.4 Å². The Balaban J connectivity index is 1.61. The third-order valence-electron chi connectivity index (χ3n) is 4.67. The van der Waals surface area contributed by atoms with E-state index < -0.39 is 11.8 Å². The number of nitrogens with one attached hydrogen (secondary N) is 1. The van der Waals surface area contributed by atoms with Crippen LogP contribution in [0.1, 0.15) is 12.8 Å². The summed E-state index contributed by atoms with van der Waals surface area (Å²) in [6, 6.07) is 11.7. The molecule has 0 bridgehead atoms. The molecule has 0 spiro atoms. The minimum Gasteiger partial charge on any atom is -0.495 e. The van der Waals surface area contributed by atoms with E-state index in [4.69, 9.17) is 26.8 Å². The summed E-state index contributed by atoms with van der Waals surface area (Å²) in [6.07, 6.45) is 0.220. The van der Waals surface area contributed by atoms with Gasteiger partial charge in [0.25, 0.3) is 0 Å². The first-order valence-corrected chi connectivity index (χ1v) is 9.71. The van der Waals surface area contributed by atoms with Crippen LogP contribution in [0.15, 0.2) is 42.5 Å². The molecule has 1 atom stereocenters. The van der Waals surface area contributed by atoms with E-state index >= 15 is 0 Å². The van der Waals surface area contributed by atoms with E-state index in [1.807, 2.05) is 0 Å². The number of nitrogens with zero attached hydrogens (tertiary/aromatic N) is 1. The van der Waals surface area contributed by atoms with Crippen molar-refractivity contribution in [3.05, 3.63) is 47.5 Å². The molecular formula is C21H22ClN3O5. The molecule has 3 rings (SSSR count). The van der Waals surface area contributed by atoms with Crippen LogP contribution in [-0.2, 0) is 14.4 Å². The highest BCUT2D eigenvalue weighted by atomic mass is 35.5. The lowest BCUT2D eigenvalue weighted by atomic mass is 10.1. The molecular weight excluding hydrogens is 410 g/mol. The second-order valence-electron chi connectivity index (χ2n) is 6.80. The molecule has 1 aliphatic rings. The van der Waals surface area contributed by atoms with Gasteiger partial charge in [0.15, 0.2) is 0 Å². The lowest BCUT2D eigenvalue weighted by Gasteiger charge is -2.20. The summed E-state index contributed by atoms with van der Waals surface area (Å²) in [5.41, 5.74) is 6.19. The molecule has 8 nitrogen and oxygen atoms in total. The average molecular weight is 432 g/mol. The molecule has 1 saturated heterocycles. The van der Waals surface area contributed by atoms with Crippen LogP contribution >= 0.6 is 11.6 Å². The summed E-state index contributed by atoms with van der Waals surface area (Å²) in [5, 5.41) is 3.29. The van der Waals surface area contributed by atoms with Crippen molar-refractivity contribution in [3.63, 3.8) is 0 Å². The number of benzene rings is 2. The summed E-state index contributed by atoms with van der Waals surface area (Å²) in [5.74, 6) is -0.296. The molecule has 1 unspecified atom stereocenters. The van der Waals surface area contributed by atoms with Gasteiger partial charge in [0.1, 0.15) is 11.5 Å². The Morgan fingerprint density at radius 3 is 2.63 bits per heavy atom. The summed E-state index contributed by atoms with van der Waals surface area (Å²) >= 11 is 6.06. The van der Waals surface area contributed by atoms with E-state index in [-0.39, 0.29) is 37.8 Å². The number of halogens is 1. The van der Waals surface area contributed by atoms with Crippen molar-refractivity contribution in [3.8, 4) is 11.5 Å². The van der Waals surface area contributed by atoms with Gasteiger partial charge in [-0.05, 0) is 42.5 Å². The quantitative estimate of drug-likeness (QED) is 0.667. The average Bonchev–Trinajstić information content (AvgIpc) is 3.10. The molecule has 0 radical (unpaired) electrons. The Hall–Kier alpha value is -3.26. The van der Waals surface area contributed by atoms with Gasteiger partial charge in [0.05, 0.1) is 31.7 Å². The Bertz CT molecular complexity index is 948. The number of hydrogen-bond acceptors (Lipinski definition) is 5. The fraction of sp³-hybridized carbons (Fsp3) is 0.286. The number of ether oxygens (including phenoxy) is 2. The summed E-state index contributed by atoms with van der Waals surface area (Å²) in [6.45, 7) is 0.420. The standard InChI is InChI=1S/C21H22ClN3O5/c1-29-18-7-2-14(22)11-17(18)25-12-13(10-20(25)27)21(28)24-15-3-5-16(6-4-15)30-9-8-19(23)26/h2-7,11,13H,8-10,12H2,1H3,(H2,23,26)(H,24,28). The van der Waals surface area contributed by atoms with Crippen LogP contribution in [-0.4, -0.2) is 38.0 Å². The van der Waals surface area contributed by atoms with Gasteiger partial charge in [-0.2, -0.15) is 0 Å². The minimum atomic E-state index is -0.507. The highest BCUT2D eigenvalue weighted by Gasteiger charge is 2.36. The maximum Gasteiger partial charge on any atom is 0.229 e. The third-order valence-corrected chi connectivity index (χ3v) is 4.90. The van der Waals surface area contributed by atoms with E-state index in [0.717, 1.165) is 0 Å². The monoisotopic (exact) mass is 431 g/mol. The van der Waals surface area contributed by atoms with E-state index in [1.54, 1.807) is 42.5 Å². The second kappa shape index (κ2) is 9.49. The fourth-order valence-corrected chi connectivity index (χ4v) is 3.30. The third kappa shape index (κ3) is 5.21. The van der Waals surface area contributed by atoms with Crippen molar-refractivity contribution in [2.45, 2.75) is 12.8 Å². The minimum absolute atomic E-state index is 0.0931. The van der Waals surface area contributed by atoms with Crippen molar-refractivity contribution in [2.24, 2.45) is 11.7 Å². The van der Waals surface area contributed by atoms with Crippen molar-refractivity contribution >= 4 is 40.7 Å². The maximum atomic E-state index is 12.7. The molecule has 0 saturated carbocycles. The molecule has 1 fully saturated rings. The maximum absolute atomic E-state index is 12.7. The van der Waals surface area contributed by atoms with Gasteiger partial charge in [-0.1, -0.05) is 11.6 Å². The number of anilines is 2. The lowest BCUT2D eigenvalue weighted by Crippen LogP contribution is -2.28. The van der Waals surface area contributed by atoms with Crippen LogP contribution in [0, 0.1) is 5.92 Å². The molecule has 2 aromatic rings. The van der Waals surface area contributed by atoms with Crippen LogP contribution in [0.5, 0.6) is 11.5 Å². The number of nitrogens with two attached hydrogens (primary N) is 1. The van der Waals surface area contributed by atoms with Gasteiger partial charge in [0.2, 0.25) is 17.7 Å². The highest BCUT2D eigenvalue weighted by molar-refractivity contribution is 6.31. The van der Waals surface area contributed by atoms with Crippen LogP contribution in [0.2, 0.25) is 5.02 Å². The molecule has 9 heteroatoms. The Morgan fingerprint density at radius 2 is 1.97 bits per heavy atom. The van der Waals surface area contributed by atoms with Gasteiger partial charge in [-0.15, -0.1) is 0 Å². The van der Waals surface area contributed by atoms with E-state index in [1.165, 1.54) is 12.0 Å². The molecule has 0 aliphatic carbocycles. The van der Waals surface area contributed by atoms with Crippen LogP contribution in [0.3, 0.4) is 0 Å². The van der Waals surface area contributed by atoms with Crippen molar-refractivity contribution < 1.29 is 23.9 Å². The normalized spacial score (nSPS) is 15.7. The Labute approximate surface area is 178 Å². The molecule has 1 aliphatic heterocycles. The molecule has 3 N–H and O–H groups in total. The van der Waals surface area contributed by atoms with Crippen molar-refractivity contribution in [1.82, 2.24) is 0 Å². The first-order chi connectivity index (χ1) is 14.4. The number of primary amides is 1. The van der Waals surface area contributed by atoms with E-state index in [9.17, 15) is 14.4 Å². The Kier molecular flexibility index (Phi) is 6.79. The molecule has 3 amide bonds. The van der Waals surface area contributed by atoms with Crippen LogP contribution in [0.4, 0.5) is 11.4 Å². The lowest BCUT2D eigenvalue weighted by molar-refractivity contribution is -0.122. The van der Waals surface area contributed by atoms with Gasteiger partial charge < -0.3 is 25.4 Å². The molecule has 158 valence electrons. The molecule has 1 heterocycles. The van der Waals surface area contributed by atoms with Crippen LogP contribution in [0.25, 0.3) is 0 Å². The second-order valence-corrected chi connectivity index (χ2v) is 7.24. The zero-order valence-electron chi connectivity index (χ0n) is 16.4. The van der Waals surface area contributed by atoms with E-state index in [2.05, 4.69) is 5.32 Å². The zero-order chi connectivity index (χ0) is 21.7. The molecule has 2 aromatic carbocycles. The van der Waals surface area contributed by atoms with Gasteiger partial charge >= 0.3 is 0 Å². The number of carbonyl (C=O) groups is 3. The van der Waals surface area contributed by atoms with Gasteiger partial charge in [-0.25, -0.2) is 0 Å². The molecule has 30 heavy (non-hydrogen) atoms. The highest BCUT2D eigenvalue weighted by Crippen LogP contribution is 2.35. The van der Waals surface area contributed by atoms with Gasteiger partial charge in [0, 0.05) is 23.7 Å². The summed E-state index contributed by atoms with van der Waals surface area (Å²) in [7, 11) is 1.51. The number of rotatable bonds is 8. The Morgan fingerprint density at radius 1 is 1.23 bits per heavy atom. The smallest absolute Gasteiger partial charge is 0.229 e. The van der Waals surface area contributed by atoms with E-state index in [0.29, 0.717) is 27.9 Å². The number of amides is 3. The zero-order valence-corrected chi connectivity index (χ0v) is 17.1. The first kappa shape index (κ1) is 21.4. The van der Waals surface area contributed by atoms with Crippen molar-refractivity contribution in [1.29, 1.82) is 0 Å². The SMILES string of the molecule is COc1ccc(Cl)cc1N1CC(C(=O)Nc2ccc(OCCC(N)=O)cc2)CC1=O. The molecule has 0 aromatic heterocycles. The predicted molar refractivity (Wildman–Crippen MR) is 113 cm³/mol. The topological polar surface area (TPSA) is 111 Å². The summed E-state index contributed by atoms with van der Waals surface area (Å²) in [4.78, 5) is 37.4. The van der Waals surface area contributed by atoms with Gasteiger partial charge in [-0.3, -0.25) is 14.4 Å². The number of carbonyl (C=O) groups excluding carboxylic acids is 3. The first-order valence-electron chi connectivity index (χ1n) is 9.33. The summed E-state index contributed by atoms with van der Waals surface area (Å²) < 4.78 is 10.7.